The summed E-state index contributed by atoms with van der Waals surface area (Å²) in [4.78, 5) is 0. The van der Waals surface area contributed by atoms with E-state index in [4.69, 9.17) is 5.73 Å². The van der Waals surface area contributed by atoms with Gasteiger partial charge in [0.05, 0.1) is 0 Å². The fourth-order valence-electron chi connectivity index (χ4n) is 0.305. The number of hydrogen-bond donors (Lipinski definition) is 1. The standard InChI is InChI=1S/C7H11N/c1-4-5-6(2)7(3)8/h4H,1-3,5,8H2. The third-order valence-corrected chi connectivity index (χ3v) is 0.845. The van der Waals surface area contributed by atoms with Gasteiger partial charge in [-0.1, -0.05) is 19.2 Å². The third kappa shape index (κ3) is 2.24. The first-order valence-corrected chi connectivity index (χ1v) is 2.42. The molecule has 0 bridgehead atoms. The predicted octanol–water partition coefficient (Wildman–Crippen LogP) is 1.59. The molecule has 0 aromatic heterocycles. The van der Waals surface area contributed by atoms with Crippen molar-refractivity contribution in [1.82, 2.24) is 0 Å². The lowest BCUT2D eigenvalue weighted by Gasteiger charge is -1.96. The molecule has 0 atom stereocenters. The van der Waals surface area contributed by atoms with Gasteiger partial charge in [0, 0.05) is 5.70 Å². The molecule has 0 rings (SSSR count). The van der Waals surface area contributed by atoms with Crippen LogP contribution in [0.5, 0.6) is 0 Å². The van der Waals surface area contributed by atoms with Gasteiger partial charge in [-0.3, -0.25) is 0 Å². The van der Waals surface area contributed by atoms with Crippen LogP contribution in [0.3, 0.4) is 0 Å². The zero-order chi connectivity index (χ0) is 6.57. The van der Waals surface area contributed by atoms with Gasteiger partial charge in [-0.05, 0) is 12.0 Å². The minimum absolute atomic E-state index is 0.546. The van der Waals surface area contributed by atoms with Crippen LogP contribution in [0.4, 0.5) is 0 Å². The van der Waals surface area contributed by atoms with Gasteiger partial charge in [-0.2, -0.15) is 0 Å². The Hall–Kier alpha value is -0.980. The zero-order valence-corrected chi connectivity index (χ0v) is 4.98. The molecular weight excluding hydrogens is 98.1 g/mol. The van der Waals surface area contributed by atoms with Crippen molar-refractivity contribution in [1.29, 1.82) is 0 Å². The first kappa shape index (κ1) is 7.02. The molecule has 0 spiro atoms. The number of allylic oxidation sites excluding steroid dienone is 2. The van der Waals surface area contributed by atoms with Crippen LogP contribution in [0.25, 0.3) is 0 Å². The fourth-order valence-corrected chi connectivity index (χ4v) is 0.305. The summed E-state index contributed by atoms with van der Waals surface area (Å²) >= 11 is 0. The van der Waals surface area contributed by atoms with Crippen molar-refractivity contribution < 1.29 is 0 Å². The summed E-state index contributed by atoms with van der Waals surface area (Å²) in [6, 6.07) is 0. The number of rotatable bonds is 3. The van der Waals surface area contributed by atoms with Crippen molar-refractivity contribution in [2.45, 2.75) is 6.42 Å². The van der Waals surface area contributed by atoms with Crippen LogP contribution in [-0.4, -0.2) is 0 Å². The summed E-state index contributed by atoms with van der Waals surface area (Å²) in [5.41, 5.74) is 6.67. The molecule has 44 valence electrons. The minimum Gasteiger partial charge on any atom is -0.399 e. The Kier molecular flexibility index (Phi) is 2.70. The molecule has 0 aromatic carbocycles. The second-order valence-corrected chi connectivity index (χ2v) is 1.62. The van der Waals surface area contributed by atoms with Crippen LogP contribution < -0.4 is 5.73 Å². The molecular formula is C7H11N. The second-order valence-electron chi connectivity index (χ2n) is 1.62. The van der Waals surface area contributed by atoms with Gasteiger partial charge in [-0.15, -0.1) is 6.58 Å². The van der Waals surface area contributed by atoms with Gasteiger partial charge in [0.15, 0.2) is 0 Å². The van der Waals surface area contributed by atoms with E-state index < -0.39 is 0 Å². The lowest BCUT2D eigenvalue weighted by molar-refractivity contribution is 1.21. The largest absolute Gasteiger partial charge is 0.399 e. The van der Waals surface area contributed by atoms with E-state index in [0.717, 1.165) is 12.0 Å². The van der Waals surface area contributed by atoms with Crippen LogP contribution in [0.2, 0.25) is 0 Å². The lowest BCUT2D eigenvalue weighted by atomic mass is 10.2. The van der Waals surface area contributed by atoms with E-state index in [-0.39, 0.29) is 0 Å². The Morgan fingerprint density at radius 2 is 2.00 bits per heavy atom. The molecule has 2 N–H and O–H groups in total. The zero-order valence-electron chi connectivity index (χ0n) is 4.98. The maximum absolute atomic E-state index is 5.28. The Morgan fingerprint density at radius 1 is 1.50 bits per heavy atom. The second kappa shape index (κ2) is 3.08. The highest BCUT2D eigenvalue weighted by molar-refractivity contribution is 5.23. The van der Waals surface area contributed by atoms with E-state index >= 15 is 0 Å². The first-order chi connectivity index (χ1) is 3.68. The van der Waals surface area contributed by atoms with E-state index in [9.17, 15) is 0 Å². The summed E-state index contributed by atoms with van der Waals surface area (Å²) in [5.74, 6) is 0. The molecule has 0 aliphatic rings. The SMILES string of the molecule is C=CCC(=C)C(=C)N. The van der Waals surface area contributed by atoms with Crippen LogP contribution in [0.15, 0.2) is 37.1 Å². The molecule has 0 aliphatic carbocycles. The quantitative estimate of drug-likeness (QED) is 0.432. The average molecular weight is 109 g/mol. The summed E-state index contributed by atoms with van der Waals surface area (Å²) in [7, 11) is 0. The van der Waals surface area contributed by atoms with Gasteiger partial charge in [0.2, 0.25) is 0 Å². The molecule has 0 unspecified atom stereocenters. The van der Waals surface area contributed by atoms with Crippen molar-refractivity contribution in [3.05, 3.63) is 37.1 Å². The third-order valence-electron chi connectivity index (χ3n) is 0.845. The maximum atomic E-state index is 5.28. The summed E-state index contributed by atoms with van der Waals surface area (Å²) < 4.78 is 0. The van der Waals surface area contributed by atoms with Crippen LogP contribution in [0.1, 0.15) is 6.42 Å². The van der Waals surface area contributed by atoms with Crippen molar-refractivity contribution in [3.8, 4) is 0 Å². The predicted molar refractivity (Wildman–Crippen MR) is 37.3 cm³/mol. The maximum Gasteiger partial charge on any atom is 0.0270 e. The smallest absolute Gasteiger partial charge is 0.0270 e. The Morgan fingerprint density at radius 3 is 2.12 bits per heavy atom. The monoisotopic (exact) mass is 109 g/mol. The van der Waals surface area contributed by atoms with Gasteiger partial charge >= 0.3 is 0 Å². The molecule has 0 fully saturated rings. The molecule has 0 saturated heterocycles. The normalized spacial score (nSPS) is 8.00. The van der Waals surface area contributed by atoms with Crippen molar-refractivity contribution in [2.24, 2.45) is 5.73 Å². The van der Waals surface area contributed by atoms with Crippen LogP contribution in [0, 0.1) is 0 Å². The average Bonchev–Trinajstić information content (AvgIpc) is 1.67. The van der Waals surface area contributed by atoms with Crippen LogP contribution in [-0.2, 0) is 0 Å². The van der Waals surface area contributed by atoms with E-state index in [2.05, 4.69) is 19.7 Å². The fraction of sp³-hybridized carbons (Fsp3) is 0.143. The number of nitrogens with two attached hydrogens (primary N) is 1. The summed E-state index contributed by atoms with van der Waals surface area (Å²) in [6.07, 6.45) is 2.48. The molecule has 1 nitrogen and oxygen atoms in total. The Bertz CT molecular complexity index is 122. The van der Waals surface area contributed by atoms with E-state index in [1.807, 2.05) is 0 Å². The molecule has 0 aromatic rings. The van der Waals surface area contributed by atoms with E-state index in [1.54, 1.807) is 6.08 Å². The van der Waals surface area contributed by atoms with Gasteiger partial charge in [0.1, 0.15) is 0 Å². The van der Waals surface area contributed by atoms with Crippen molar-refractivity contribution >= 4 is 0 Å². The van der Waals surface area contributed by atoms with Crippen molar-refractivity contribution in [2.75, 3.05) is 0 Å². The molecule has 1 heteroatoms. The molecule has 0 heterocycles. The minimum atomic E-state index is 0.546. The van der Waals surface area contributed by atoms with Crippen LogP contribution >= 0.6 is 0 Å². The molecule has 0 saturated carbocycles. The number of hydrogen-bond acceptors (Lipinski definition) is 1. The summed E-state index contributed by atoms with van der Waals surface area (Å²) in [6.45, 7) is 10.7. The highest BCUT2D eigenvalue weighted by atomic mass is 14.6. The molecule has 0 radical (unpaired) electrons. The summed E-state index contributed by atoms with van der Waals surface area (Å²) in [5, 5.41) is 0. The van der Waals surface area contributed by atoms with Crippen molar-refractivity contribution in [3.63, 3.8) is 0 Å². The van der Waals surface area contributed by atoms with E-state index in [0.29, 0.717) is 5.70 Å². The lowest BCUT2D eigenvalue weighted by Crippen LogP contribution is -1.96. The van der Waals surface area contributed by atoms with E-state index in [1.165, 1.54) is 0 Å². The Balaban J connectivity index is 3.65. The highest BCUT2D eigenvalue weighted by Crippen LogP contribution is 2.02. The molecule has 0 amide bonds. The highest BCUT2D eigenvalue weighted by Gasteiger charge is 1.87. The first-order valence-electron chi connectivity index (χ1n) is 2.42. The molecule has 0 aliphatic heterocycles. The van der Waals surface area contributed by atoms with Gasteiger partial charge < -0.3 is 5.73 Å². The molecule has 8 heavy (non-hydrogen) atoms. The topological polar surface area (TPSA) is 26.0 Å². The Labute approximate surface area is 50.2 Å². The van der Waals surface area contributed by atoms with Gasteiger partial charge in [0.25, 0.3) is 0 Å². The van der Waals surface area contributed by atoms with Gasteiger partial charge in [-0.25, -0.2) is 0 Å².